The second kappa shape index (κ2) is 11.8. The van der Waals surface area contributed by atoms with Crippen LogP contribution >= 0.6 is 0 Å². The molecule has 42 heavy (non-hydrogen) atoms. The van der Waals surface area contributed by atoms with Gasteiger partial charge in [0.05, 0.1) is 23.7 Å². The van der Waals surface area contributed by atoms with Gasteiger partial charge < -0.3 is 30.7 Å². The monoisotopic (exact) mass is 571 g/mol. The van der Waals surface area contributed by atoms with Crippen molar-refractivity contribution in [2.75, 3.05) is 56.5 Å². The van der Waals surface area contributed by atoms with Gasteiger partial charge in [0.1, 0.15) is 5.82 Å². The minimum Gasteiger partial charge on any atom is -0.364 e. The van der Waals surface area contributed by atoms with Crippen molar-refractivity contribution < 1.29 is 9.59 Å². The topological polar surface area (TPSA) is 135 Å². The minimum absolute atomic E-state index is 0.0698. The summed E-state index contributed by atoms with van der Waals surface area (Å²) < 4.78 is 0. The molecule has 2 aromatic rings. The van der Waals surface area contributed by atoms with E-state index in [1.54, 1.807) is 11.1 Å². The highest BCUT2D eigenvalue weighted by Crippen LogP contribution is 2.38. The number of rotatable bonds is 7. The average molecular weight is 572 g/mol. The van der Waals surface area contributed by atoms with Crippen LogP contribution in [0.15, 0.2) is 30.5 Å². The van der Waals surface area contributed by atoms with E-state index in [0.29, 0.717) is 24.2 Å². The van der Waals surface area contributed by atoms with E-state index in [0.717, 1.165) is 69.7 Å². The lowest BCUT2D eigenvalue weighted by Crippen LogP contribution is -2.49. The van der Waals surface area contributed by atoms with Crippen molar-refractivity contribution in [2.24, 2.45) is 5.73 Å². The van der Waals surface area contributed by atoms with Gasteiger partial charge in [-0.05, 0) is 56.2 Å². The Morgan fingerprint density at radius 1 is 1.02 bits per heavy atom. The van der Waals surface area contributed by atoms with E-state index in [4.69, 9.17) is 10.7 Å². The zero-order valence-electron chi connectivity index (χ0n) is 24.5. The van der Waals surface area contributed by atoms with Gasteiger partial charge >= 0.3 is 6.03 Å². The maximum atomic E-state index is 12.6. The van der Waals surface area contributed by atoms with Gasteiger partial charge in [-0.3, -0.25) is 4.79 Å². The van der Waals surface area contributed by atoms with Crippen molar-refractivity contribution >= 4 is 29.3 Å². The SMILES string of the molecule is CN1CCN(C2CCCN(c3cnc(C(N)=O)c(Nc4ccc(C5(C#N)CCN(C6CCCC6)CC5)cc4)n3)C2)C1=O. The first-order valence-corrected chi connectivity index (χ1v) is 15.3. The molecular formula is C31H41N9O2. The fraction of sp³-hybridized carbons (Fsp3) is 0.581. The molecule has 6 rings (SSSR count). The molecule has 11 heteroatoms. The van der Waals surface area contributed by atoms with Crippen LogP contribution in [0, 0.1) is 11.3 Å². The number of nitriles is 1. The fourth-order valence-corrected chi connectivity index (χ4v) is 7.24. The fourth-order valence-electron chi connectivity index (χ4n) is 7.24. The quantitative estimate of drug-likeness (QED) is 0.516. The van der Waals surface area contributed by atoms with Gasteiger partial charge in [-0.1, -0.05) is 25.0 Å². The lowest BCUT2D eigenvalue weighted by atomic mass is 9.73. The number of nitrogens with one attached hydrogen (secondary N) is 1. The van der Waals surface area contributed by atoms with Gasteiger partial charge in [0, 0.05) is 58.0 Å². The molecule has 4 fully saturated rings. The van der Waals surface area contributed by atoms with Gasteiger partial charge in [0.25, 0.3) is 5.91 Å². The zero-order valence-corrected chi connectivity index (χ0v) is 24.5. The van der Waals surface area contributed by atoms with E-state index < -0.39 is 11.3 Å². The van der Waals surface area contributed by atoms with Crippen LogP contribution in [-0.2, 0) is 5.41 Å². The number of primary amides is 1. The number of carbonyl (C=O) groups is 2. The summed E-state index contributed by atoms with van der Waals surface area (Å²) in [7, 11) is 1.83. The molecule has 1 aromatic heterocycles. The second-order valence-electron chi connectivity index (χ2n) is 12.3. The molecule has 11 nitrogen and oxygen atoms in total. The molecule has 3 amide bonds. The third-order valence-corrected chi connectivity index (χ3v) is 9.81. The molecule has 222 valence electrons. The summed E-state index contributed by atoms with van der Waals surface area (Å²) in [4.78, 5) is 42.4. The van der Waals surface area contributed by atoms with E-state index in [9.17, 15) is 14.9 Å². The van der Waals surface area contributed by atoms with E-state index >= 15 is 0 Å². The van der Waals surface area contributed by atoms with Crippen molar-refractivity contribution in [3.63, 3.8) is 0 Å². The van der Waals surface area contributed by atoms with E-state index in [-0.39, 0.29) is 17.8 Å². The van der Waals surface area contributed by atoms with Crippen LogP contribution in [0.4, 0.5) is 22.1 Å². The number of likely N-dealkylation sites (tertiary alicyclic amines) is 1. The molecule has 1 atom stereocenters. The van der Waals surface area contributed by atoms with Crippen molar-refractivity contribution in [1.29, 1.82) is 5.26 Å². The Hall–Kier alpha value is -3.91. The van der Waals surface area contributed by atoms with Gasteiger partial charge in [-0.25, -0.2) is 14.8 Å². The van der Waals surface area contributed by atoms with E-state index in [1.165, 1.54) is 25.7 Å². The third kappa shape index (κ3) is 5.48. The highest BCUT2D eigenvalue weighted by atomic mass is 16.2. The summed E-state index contributed by atoms with van der Waals surface area (Å²) in [6.07, 6.45) is 10.3. The van der Waals surface area contributed by atoms with Crippen LogP contribution in [0.2, 0.25) is 0 Å². The summed E-state index contributed by atoms with van der Waals surface area (Å²) in [5, 5.41) is 13.5. The van der Waals surface area contributed by atoms with E-state index in [1.807, 2.05) is 36.2 Å². The Morgan fingerprint density at radius 3 is 2.38 bits per heavy atom. The predicted octanol–water partition coefficient (Wildman–Crippen LogP) is 3.46. The van der Waals surface area contributed by atoms with Crippen LogP contribution in [0.25, 0.3) is 0 Å². The van der Waals surface area contributed by atoms with Crippen LogP contribution in [0.3, 0.4) is 0 Å². The summed E-state index contributed by atoms with van der Waals surface area (Å²) in [6, 6.07) is 11.4. The Kier molecular flexibility index (Phi) is 7.90. The molecule has 0 bridgehead atoms. The molecular weight excluding hydrogens is 530 g/mol. The zero-order chi connectivity index (χ0) is 29.3. The Bertz CT molecular complexity index is 1340. The molecule has 3 saturated heterocycles. The largest absolute Gasteiger partial charge is 0.364 e. The van der Waals surface area contributed by atoms with Crippen LogP contribution in [-0.4, -0.2) is 95.0 Å². The Morgan fingerprint density at radius 2 is 1.74 bits per heavy atom. The first-order chi connectivity index (χ1) is 20.4. The van der Waals surface area contributed by atoms with Crippen molar-refractivity contribution in [2.45, 2.75) is 68.9 Å². The smallest absolute Gasteiger partial charge is 0.320 e. The van der Waals surface area contributed by atoms with Gasteiger partial charge in [0.15, 0.2) is 11.5 Å². The number of nitrogens with two attached hydrogens (primary N) is 1. The van der Waals surface area contributed by atoms with Crippen molar-refractivity contribution in [1.82, 2.24) is 24.7 Å². The number of piperidine rings is 2. The van der Waals surface area contributed by atoms with Gasteiger partial charge in [-0.15, -0.1) is 0 Å². The Balaban J connectivity index is 1.16. The maximum Gasteiger partial charge on any atom is 0.320 e. The number of benzene rings is 1. The third-order valence-electron chi connectivity index (χ3n) is 9.81. The molecule has 1 aromatic carbocycles. The first-order valence-electron chi connectivity index (χ1n) is 15.3. The molecule has 3 N–H and O–H groups in total. The summed E-state index contributed by atoms with van der Waals surface area (Å²) >= 11 is 0. The molecule has 4 heterocycles. The molecule has 1 unspecified atom stereocenters. The highest BCUT2D eigenvalue weighted by Gasteiger charge is 2.39. The molecule has 4 aliphatic rings. The molecule has 1 saturated carbocycles. The standard InChI is InChI=1S/C31H41N9O2/c1-37-17-18-40(30(37)42)25-7-4-14-39(20-25)26-19-34-27(28(33)41)29(36-26)35-23-10-8-22(9-11-23)31(21-32)12-15-38(16-13-31)24-5-2-3-6-24/h8-11,19,24-25H,2-7,12-18,20H2,1H3,(H2,33,41)(H,35,36). The summed E-state index contributed by atoms with van der Waals surface area (Å²) in [5.74, 6) is 0.279. The lowest BCUT2D eigenvalue weighted by Gasteiger charge is -2.40. The number of hydrogen-bond acceptors (Lipinski definition) is 8. The van der Waals surface area contributed by atoms with Gasteiger partial charge in [0.2, 0.25) is 0 Å². The predicted molar refractivity (Wildman–Crippen MR) is 161 cm³/mol. The number of urea groups is 1. The highest BCUT2D eigenvalue weighted by molar-refractivity contribution is 5.96. The number of likely N-dealkylation sites (N-methyl/N-ethyl adjacent to an activating group) is 1. The molecule has 0 radical (unpaired) electrons. The lowest BCUT2D eigenvalue weighted by molar-refractivity contribution is 0.0996. The van der Waals surface area contributed by atoms with Crippen LogP contribution < -0.4 is 16.0 Å². The molecule has 1 aliphatic carbocycles. The van der Waals surface area contributed by atoms with Gasteiger partial charge in [-0.2, -0.15) is 5.26 Å². The number of amides is 3. The number of hydrogen-bond donors (Lipinski definition) is 2. The number of nitrogens with zero attached hydrogens (tertiary/aromatic N) is 7. The van der Waals surface area contributed by atoms with Crippen molar-refractivity contribution in [3.05, 3.63) is 41.7 Å². The second-order valence-corrected chi connectivity index (χ2v) is 12.3. The number of aromatic nitrogens is 2. The maximum absolute atomic E-state index is 12.6. The first kappa shape index (κ1) is 28.2. The van der Waals surface area contributed by atoms with E-state index in [2.05, 4.69) is 26.2 Å². The number of carbonyl (C=O) groups excluding carboxylic acids is 2. The Labute approximate surface area is 247 Å². The molecule has 0 spiro atoms. The van der Waals surface area contributed by atoms with Crippen LogP contribution in [0.5, 0.6) is 0 Å². The minimum atomic E-state index is -0.659. The summed E-state index contributed by atoms with van der Waals surface area (Å²) in [5.41, 5.74) is 7.01. The average Bonchev–Trinajstić information content (AvgIpc) is 3.68. The van der Waals surface area contributed by atoms with Crippen molar-refractivity contribution in [3.8, 4) is 6.07 Å². The number of anilines is 3. The normalized spacial score (nSPS) is 23.3. The molecule has 3 aliphatic heterocycles. The summed E-state index contributed by atoms with van der Waals surface area (Å²) in [6.45, 7) is 4.85. The van der Waals surface area contributed by atoms with Crippen LogP contribution in [0.1, 0.15) is 67.4 Å².